The molecule has 0 aromatic heterocycles. The quantitative estimate of drug-likeness (QED) is 0.707. The summed E-state index contributed by atoms with van der Waals surface area (Å²) < 4.78 is 5.36. The van der Waals surface area contributed by atoms with E-state index in [9.17, 15) is 5.11 Å². The Morgan fingerprint density at radius 3 is 2.50 bits per heavy atom. The van der Waals surface area contributed by atoms with Gasteiger partial charge in [-0.05, 0) is 50.7 Å². The smallest absolute Gasteiger partial charge is 0.109 e. The number of aliphatic hydroxyl groups excluding tert-OH is 1. The predicted molar refractivity (Wildman–Crippen MR) is 107 cm³/mol. The molecule has 5 heteroatoms. The van der Waals surface area contributed by atoms with Crippen LogP contribution >= 0.6 is 23.0 Å². The van der Waals surface area contributed by atoms with Crippen molar-refractivity contribution >= 4 is 28.7 Å². The molecule has 0 amide bonds. The Morgan fingerprint density at radius 2 is 1.83 bits per heavy atom. The minimum Gasteiger partial charge on any atom is -0.392 e. The van der Waals surface area contributed by atoms with E-state index in [-0.39, 0.29) is 6.10 Å². The number of piperidine rings is 2. The average molecular weight is 444 g/mol. The fourth-order valence-electron chi connectivity index (χ4n) is 4.02. The van der Waals surface area contributed by atoms with Crippen LogP contribution in [0.25, 0.3) is 0 Å². The van der Waals surface area contributed by atoms with Crippen LogP contribution in [-0.2, 0) is 3.07 Å². The molecule has 4 nitrogen and oxygen atoms in total. The van der Waals surface area contributed by atoms with Crippen LogP contribution in [0.5, 0.6) is 0 Å². The lowest BCUT2D eigenvalue weighted by Crippen LogP contribution is -2.50. The molecule has 2 heterocycles. The van der Waals surface area contributed by atoms with Crippen LogP contribution in [0.2, 0.25) is 0 Å². The molecule has 134 valence electrons. The van der Waals surface area contributed by atoms with Gasteiger partial charge in [0.15, 0.2) is 0 Å². The molecule has 24 heavy (non-hydrogen) atoms. The van der Waals surface area contributed by atoms with Gasteiger partial charge in [0.1, 0.15) is 23.0 Å². The Labute approximate surface area is 159 Å². The van der Waals surface area contributed by atoms with E-state index >= 15 is 0 Å². The van der Waals surface area contributed by atoms with Crippen molar-refractivity contribution in [1.29, 1.82) is 0 Å². The zero-order valence-electron chi connectivity index (χ0n) is 14.5. The summed E-state index contributed by atoms with van der Waals surface area (Å²) in [5.41, 5.74) is 2.67. The third-order valence-corrected chi connectivity index (χ3v) is 5.92. The highest BCUT2D eigenvalue weighted by atomic mass is 127. The fourth-order valence-corrected chi connectivity index (χ4v) is 4.44. The monoisotopic (exact) mass is 444 g/mol. The minimum atomic E-state index is -0.164. The molecule has 1 aromatic carbocycles. The van der Waals surface area contributed by atoms with E-state index in [1.807, 2.05) is 23.0 Å². The maximum atomic E-state index is 10.0. The summed E-state index contributed by atoms with van der Waals surface area (Å²) in [6, 6.07) is 9.35. The zero-order valence-corrected chi connectivity index (χ0v) is 16.7. The third-order valence-electron chi connectivity index (χ3n) is 5.56. The SMILES string of the molecule is Cc1ccc(N2CCC(CN3C[C@H](O)CC[C@@H]3COI)CC2)cc1. The lowest BCUT2D eigenvalue weighted by atomic mass is 9.92. The first-order chi connectivity index (χ1) is 11.7. The fraction of sp³-hybridized carbons (Fsp3) is 0.684. The molecule has 0 unspecified atom stereocenters. The van der Waals surface area contributed by atoms with Crippen molar-refractivity contribution in [3.8, 4) is 0 Å². The summed E-state index contributed by atoms with van der Waals surface area (Å²) in [6.07, 6.45) is 4.26. The number of benzene rings is 1. The number of halogens is 1. The van der Waals surface area contributed by atoms with Crippen molar-refractivity contribution in [3.05, 3.63) is 29.8 Å². The Morgan fingerprint density at radius 1 is 1.12 bits per heavy atom. The summed E-state index contributed by atoms with van der Waals surface area (Å²) in [5, 5.41) is 10.0. The van der Waals surface area contributed by atoms with Crippen molar-refractivity contribution in [3.63, 3.8) is 0 Å². The molecule has 3 rings (SSSR count). The van der Waals surface area contributed by atoms with Crippen molar-refractivity contribution in [2.75, 3.05) is 37.7 Å². The van der Waals surface area contributed by atoms with Gasteiger partial charge in [0.2, 0.25) is 0 Å². The first-order valence-electron chi connectivity index (χ1n) is 9.13. The van der Waals surface area contributed by atoms with Gasteiger partial charge in [0.05, 0.1) is 12.7 Å². The first-order valence-corrected chi connectivity index (χ1v) is 10.0. The Hall–Kier alpha value is -0.370. The minimum absolute atomic E-state index is 0.164. The number of anilines is 1. The number of rotatable bonds is 5. The van der Waals surface area contributed by atoms with Gasteiger partial charge in [-0.15, -0.1) is 0 Å². The molecule has 2 atom stereocenters. The van der Waals surface area contributed by atoms with Crippen molar-refractivity contribution in [2.45, 2.75) is 44.8 Å². The molecule has 2 aliphatic heterocycles. The summed E-state index contributed by atoms with van der Waals surface area (Å²) >= 11 is 1.99. The average Bonchev–Trinajstić information content (AvgIpc) is 2.59. The number of hydrogen-bond acceptors (Lipinski definition) is 4. The third kappa shape index (κ3) is 4.84. The van der Waals surface area contributed by atoms with Crippen LogP contribution in [0, 0.1) is 12.8 Å². The molecule has 0 saturated carbocycles. The van der Waals surface area contributed by atoms with Crippen LogP contribution < -0.4 is 4.90 Å². The van der Waals surface area contributed by atoms with Gasteiger partial charge in [-0.1, -0.05) is 17.7 Å². The summed E-state index contributed by atoms with van der Waals surface area (Å²) in [5.74, 6) is 0.730. The van der Waals surface area contributed by atoms with Crippen molar-refractivity contribution in [2.24, 2.45) is 5.92 Å². The first kappa shape index (κ1) is 18.4. The van der Waals surface area contributed by atoms with E-state index in [2.05, 4.69) is 41.0 Å². The molecule has 2 fully saturated rings. The Bertz CT molecular complexity index is 503. The van der Waals surface area contributed by atoms with Crippen LogP contribution in [0.15, 0.2) is 24.3 Å². The lowest BCUT2D eigenvalue weighted by Gasteiger charge is -2.41. The number of aryl methyl sites for hydroxylation is 1. The molecule has 0 aliphatic carbocycles. The molecule has 1 aromatic rings. The van der Waals surface area contributed by atoms with Gasteiger partial charge >= 0.3 is 0 Å². The van der Waals surface area contributed by atoms with Gasteiger partial charge in [0, 0.05) is 37.9 Å². The van der Waals surface area contributed by atoms with Crippen LogP contribution in [0.4, 0.5) is 5.69 Å². The number of aliphatic hydroxyl groups is 1. The van der Waals surface area contributed by atoms with Crippen LogP contribution in [0.1, 0.15) is 31.2 Å². The molecular weight excluding hydrogens is 415 g/mol. The highest BCUT2D eigenvalue weighted by Crippen LogP contribution is 2.27. The van der Waals surface area contributed by atoms with Gasteiger partial charge < -0.3 is 13.1 Å². The molecule has 0 radical (unpaired) electrons. The maximum absolute atomic E-state index is 10.0. The molecule has 0 bridgehead atoms. The normalized spacial score (nSPS) is 26.7. The summed E-state index contributed by atoms with van der Waals surface area (Å²) in [4.78, 5) is 4.98. The van der Waals surface area contributed by atoms with Crippen molar-refractivity contribution < 1.29 is 8.17 Å². The molecule has 0 spiro atoms. The highest BCUT2D eigenvalue weighted by Gasteiger charge is 2.30. The van der Waals surface area contributed by atoms with Crippen molar-refractivity contribution in [1.82, 2.24) is 4.90 Å². The largest absolute Gasteiger partial charge is 0.392 e. The molecule has 2 aliphatic rings. The number of hydrogen-bond donors (Lipinski definition) is 1. The van der Waals surface area contributed by atoms with E-state index in [1.165, 1.54) is 24.1 Å². The summed E-state index contributed by atoms with van der Waals surface area (Å²) in [7, 11) is 0. The predicted octanol–water partition coefficient (Wildman–Crippen LogP) is 3.40. The maximum Gasteiger partial charge on any atom is 0.109 e. The van der Waals surface area contributed by atoms with E-state index in [4.69, 9.17) is 3.07 Å². The van der Waals surface area contributed by atoms with Gasteiger partial charge in [-0.2, -0.15) is 0 Å². The van der Waals surface area contributed by atoms with E-state index < -0.39 is 0 Å². The number of likely N-dealkylation sites (tertiary alicyclic amines) is 1. The topological polar surface area (TPSA) is 35.9 Å². The standard InChI is InChI=1S/C19H29IN2O2/c1-15-2-4-17(5-3-15)21-10-8-16(9-11-21)12-22-13-19(23)7-6-18(22)14-24-20/h2-5,16,18-19,23H,6-14H2,1H3/t18-,19-/m1/s1. The second-order valence-electron chi connectivity index (χ2n) is 7.38. The van der Waals surface area contributed by atoms with E-state index in [0.717, 1.165) is 51.5 Å². The summed E-state index contributed by atoms with van der Waals surface area (Å²) in [6.45, 7) is 7.09. The second-order valence-corrected chi connectivity index (χ2v) is 8.00. The molecular formula is C19H29IN2O2. The molecule has 2 saturated heterocycles. The lowest BCUT2D eigenvalue weighted by molar-refractivity contribution is 0.0131. The zero-order chi connectivity index (χ0) is 16.9. The highest BCUT2D eigenvalue weighted by molar-refractivity contribution is 14.1. The van der Waals surface area contributed by atoms with Gasteiger partial charge in [0.25, 0.3) is 0 Å². The Balaban J connectivity index is 1.51. The number of β-amino-alcohol motifs (C(OH)–C–C–N with tert-alkyl or cyclic N) is 1. The van der Waals surface area contributed by atoms with E-state index in [1.54, 1.807) is 0 Å². The van der Waals surface area contributed by atoms with Crippen LogP contribution in [0.3, 0.4) is 0 Å². The number of nitrogens with zero attached hydrogens (tertiary/aromatic N) is 2. The van der Waals surface area contributed by atoms with E-state index in [0.29, 0.717) is 6.04 Å². The Kier molecular flexibility index (Phi) is 6.78. The molecule has 1 N–H and O–H groups in total. The van der Waals surface area contributed by atoms with Gasteiger partial charge in [-0.3, -0.25) is 4.90 Å². The van der Waals surface area contributed by atoms with Gasteiger partial charge in [-0.25, -0.2) is 0 Å². The van der Waals surface area contributed by atoms with Crippen LogP contribution in [-0.4, -0.2) is 54.9 Å². The second kappa shape index (κ2) is 8.83.